The summed E-state index contributed by atoms with van der Waals surface area (Å²) in [5, 5.41) is 13.7. The molecular formula is C13H19N3O3S. The van der Waals surface area contributed by atoms with E-state index >= 15 is 0 Å². The van der Waals surface area contributed by atoms with Crippen LogP contribution in [0.5, 0.6) is 0 Å². The molecule has 0 aliphatic heterocycles. The molecule has 1 aliphatic rings. The van der Waals surface area contributed by atoms with E-state index < -0.39 is 5.97 Å². The maximum atomic E-state index is 12.0. The first kappa shape index (κ1) is 14.8. The fraction of sp³-hybridized carbons (Fsp3) is 0.615. The van der Waals surface area contributed by atoms with Crippen LogP contribution in [-0.2, 0) is 11.3 Å². The second kappa shape index (κ2) is 6.21. The predicted octanol–water partition coefficient (Wildman–Crippen LogP) is 1.93. The van der Waals surface area contributed by atoms with Crippen LogP contribution >= 0.6 is 11.3 Å². The van der Waals surface area contributed by atoms with Crippen LogP contribution in [0.15, 0.2) is 10.9 Å². The number of hydrogen-bond acceptors (Lipinski definition) is 4. The zero-order valence-electron chi connectivity index (χ0n) is 11.5. The molecule has 0 unspecified atom stereocenters. The molecule has 2 N–H and O–H groups in total. The number of aliphatic carboxylic acids is 1. The van der Waals surface area contributed by atoms with Gasteiger partial charge in [0.05, 0.1) is 24.2 Å². The van der Waals surface area contributed by atoms with E-state index in [4.69, 9.17) is 5.11 Å². The number of aromatic nitrogens is 1. The monoisotopic (exact) mass is 297 g/mol. The lowest BCUT2D eigenvalue weighted by molar-refractivity contribution is -0.141. The SMILES string of the molecule is CN(Cc1cscn1)C(=O)NCC1(CC(=O)O)CCC1. The summed E-state index contributed by atoms with van der Waals surface area (Å²) in [4.78, 5) is 28.5. The van der Waals surface area contributed by atoms with E-state index in [-0.39, 0.29) is 17.9 Å². The Hall–Kier alpha value is -1.63. The van der Waals surface area contributed by atoms with Crippen LogP contribution in [0.4, 0.5) is 4.79 Å². The molecule has 1 heterocycles. The molecule has 6 nitrogen and oxygen atoms in total. The number of thiazole rings is 1. The van der Waals surface area contributed by atoms with Crippen molar-refractivity contribution >= 4 is 23.3 Å². The highest BCUT2D eigenvalue weighted by molar-refractivity contribution is 7.07. The molecule has 110 valence electrons. The van der Waals surface area contributed by atoms with Crippen molar-refractivity contribution in [2.75, 3.05) is 13.6 Å². The number of carbonyl (C=O) groups excluding carboxylic acids is 1. The highest BCUT2D eigenvalue weighted by atomic mass is 32.1. The van der Waals surface area contributed by atoms with Gasteiger partial charge in [0.2, 0.25) is 0 Å². The maximum Gasteiger partial charge on any atom is 0.317 e. The third-order valence-electron chi connectivity index (χ3n) is 3.78. The van der Waals surface area contributed by atoms with E-state index in [2.05, 4.69) is 10.3 Å². The number of hydrogen-bond donors (Lipinski definition) is 2. The molecule has 1 aromatic rings. The van der Waals surface area contributed by atoms with Crippen LogP contribution in [0, 0.1) is 5.41 Å². The molecule has 2 rings (SSSR count). The molecule has 2 amide bonds. The van der Waals surface area contributed by atoms with Crippen molar-refractivity contribution in [3.63, 3.8) is 0 Å². The molecule has 0 atom stereocenters. The zero-order valence-corrected chi connectivity index (χ0v) is 12.3. The van der Waals surface area contributed by atoms with Gasteiger partial charge >= 0.3 is 12.0 Å². The molecule has 0 bridgehead atoms. The second-order valence-electron chi connectivity index (χ2n) is 5.42. The first-order chi connectivity index (χ1) is 9.51. The van der Waals surface area contributed by atoms with Crippen LogP contribution in [0.1, 0.15) is 31.4 Å². The Morgan fingerprint density at radius 1 is 1.55 bits per heavy atom. The molecule has 1 fully saturated rings. The van der Waals surface area contributed by atoms with Gasteiger partial charge in [-0.25, -0.2) is 9.78 Å². The zero-order chi connectivity index (χ0) is 14.6. The summed E-state index contributed by atoms with van der Waals surface area (Å²) in [7, 11) is 1.71. The van der Waals surface area contributed by atoms with Crippen molar-refractivity contribution in [3.8, 4) is 0 Å². The van der Waals surface area contributed by atoms with Gasteiger partial charge in [0.1, 0.15) is 0 Å². The minimum Gasteiger partial charge on any atom is -0.481 e. The van der Waals surface area contributed by atoms with E-state index in [9.17, 15) is 9.59 Å². The van der Waals surface area contributed by atoms with Crippen LogP contribution in [0.2, 0.25) is 0 Å². The van der Waals surface area contributed by atoms with Crippen molar-refractivity contribution in [2.24, 2.45) is 5.41 Å². The standard InChI is InChI=1S/C13H19N3O3S/c1-16(6-10-7-20-9-15-10)12(19)14-8-13(3-2-4-13)5-11(17)18/h7,9H,2-6,8H2,1H3,(H,14,19)(H,17,18). The Balaban J connectivity index is 1.80. The average Bonchev–Trinajstić information content (AvgIpc) is 2.84. The minimum absolute atomic E-state index is 0.128. The Kier molecular flexibility index (Phi) is 4.59. The largest absolute Gasteiger partial charge is 0.481 e. The second-order valence-corrected chi connectivity index (χ2v) is 6.14. The molecule has 0 aromatic carbocycles. The van der Waals surface area contributed by atoms with Crippen molar-refractivity contribution in [2.45, 2.75) is 32.2 Å². The van der Waals surface area contributed by atoms with Crippen molar-refractivity contribution < 1.29 is 14.7 Å². The van der Waals surface area contributed by atoms with Gasteiger partial charge in [-0.1, -0.05) is 6.42 Å². The third kappa shape index (κ3) is 3.69. The Labute approximate surface area is 121 Å². The molecule has 1 saturated carbocycles. The number of carboxylic acids is 1. The Bertz CT molecular complexity index is 471. The lowest BCUT2D eigenvalue weighted by Crippen LogP contribution is -2.46. The van der Waals surface area contributed by atoms with E-state index in [0.717, 1.165) is 25.0 Å². The molecular weight excluding hydrogens is 278 g/mol. The van der Waals surface area contributed by atoms with Gasteiger partial charge < -0.3 is 15.3 Å². The van der Waals surface area contributed by atoms with Gasteiger partial charge in [-0.3, -0.25) is 4.79 Å². The predicted molar refractivity (Wildman–Crippen MR) is 75.5 cm³/mol. The summed E-state index contributed by atoms with van der Waals surface area (Å²) < 4.78 is 0. The van der Waals surface area contributed by atoms with Gasteiger partial charge in [0, 0.05) is 19.0 Å². The third-order valence-corrected chi connectivity index (χ3v) is 4.42. The number of carboxylic acid groups (broad SMARTS) is 1. The lowest BCUT2D eigenvalue weighted by Gasteiger charge is -2.41. The molecule has 1 aromatic heterocycles. The van der Waals surface area contributed by atoms with E-state index in [0.29, 0.717) is 13.1 Å². The number of rotatable bonds is 6. The van der Waals surface area contributed by atoms with E-state index in [1.165, 1.54) is 11.3 Å². The van der Waals surface area contributed by atoms with E-state index in [1.807, 2.05) is 5.38 Å². The topological polar surface area (TPSA) is 82.5 Å². The highest BCUT2D eigenvalue weighted by Crippen LogP contribution is 2.43. The number of nitrogens with zero attached hydrogens (tertiary/aromatic N) is 2. The Morgan fingerprint density at radius 2 is 2.30 bits per heavy atom. The highest BCUT2D eigenvalue weighted by Gasteiger charge is 2.39. The van der Waals surface area contributed by atoms with Crippen molar-refractivity contribution in [1.29, 1.82) is 0 Å². The summed E-state index contributed by atoms with van der Waals surface area (Å²) >= 11 is 1.50. The smallest absolute Gasteiger partial charge is 0.317 e. The summed E-state index contributed by atoms with van der Waals surface area (Å²) in [6.45, 7) is 0.890. The van der Waals surface area contributed by atoms with Gasteiger partial charge in [-0.2, -0.15) is 0 Å². The maximum absolute atomic E-state index is 12.0. The van der Waals surface area contributed by atoms with Gasteiger partial charge in [-0.15, -0.1) is 11.3 Å². The number of carbonyl (C=O) groups is 2. The molecule has 1 aliphatic carbocycles. The van der Waals surface area contributed by atoms with Gasteiger partial charge in [-0.05, 0) is 18.3 Å². The molecule has 0 radical (unpaired) electrons. The summed E-state index contributed by atoms with van der Waals surface area (Å²) in [5.41, 5.74) is 2.34. The van der Waals surface area contributed by atoms with Gasteiger partial charge in [0.15, 0.2) is 0 Å². The molecule has 20 heavy (non-hydrogen) atoms. The summed E-state index contributed by atoms with van der Waals surface area (Å²) in [6, 6.07) is -0.185. The normalized spacial score (nSPS) is 16.2. The van der Waals surface area contributed by atoms with E-state index in [1.54, 1.807) is 17.5 Å². The first-order valence-electron chi connectivity index (χ1n) is 6.59. The first-order valence-corrected chi connectivity index (χ1v) is 7.53. The minimum atomic E-state index is -0.797. The van der Waals surface area contributed by atoms with Crippen molar-refractivity contribution in [3.05, 3.63) is 16.6 Å². The van der Waals surface area contributed by atoms with Crippen LogP contribution in [0.25, 0.3) is 0 Å². The van der Waals surface area contributed by atoms with Crippen LogP contribution < -0.4 is 5.32 Å². The average molecular weight is 297 g/mol. The fourth-order valence-corrected chi connectivity index (χ4v) is 2.99. The van der Waals surface area contributed by atoms with Crippen LogP contribution in [0.3, 0.4) is 0 Å². The number of nitrogens with one attached hydrogen (secondary N) is 1. The lowest BCUT2D eigenvalue weighted by atomic mass is 9.66. The number of amides is 2. The molecule has 0 saturated heterocycles. The summed E-state index contributed by atoms with van der Waals surface area (Å²) in [5.74, 6) is -0.797. The number of urea groups is 1. The van der Waals surface area contributed by atoms with Gasteiger partial charge in [0.25, 0.3) is 0 Å². The summed E-state index contributed by atoms with van der Waals surface area (Å²) in [6.07, 6.45) is 2.91. The quantitative estimate of drug-likeness (QED) is 0.840. The fourth-order valence-electron chi connectivity index (χ4n) is 2.44. The Morgan fingerprint density at radius 3 is 2.80 bits per heavy atom. The van der Waals surface area contributed by atoms with Crippen molar-refractivity contribution in [1.82, 2.24) is 15.2 Å². The van der Waals surface area contributed by atoms with Crippen LogP contribution in [-0.4, -0.2) is 40.6 Å². The molecule has 7 heteroatoms. The molecule has 0 spiro atoms.